The first kappa shape index (κ1) is 12.7. The van der Waals surface area contributed by atoms with Crippen LogP contribution in [0.15, 0.2) is 30.3 Å². The first-order valence-electron chi connectivity index (χ1n) is 4.98. The molecule has 17 heavy (non-hydrogen) atoms. The average molecular weight is 233 g/mol. The molecule has 1 rings (SSSR count). The molecule has 0 amide bonds. The molecular formula is C12H11NO4. The van der Waals surface area contributed by atoms with Gasteiger partial charge in [0.25, 0.3) is 0 Å². The second kappa shape index (κ2) is 6.28. The Morgan fingerprint density at radius 3 is 2.59 bits per heavy atom. The topological polar surface area (TPSA) is 80.4 Å². The van der Waals surface area contributed by atoms with Gasteiger partial charge in [0.15, 0.2) is 0 Å². The van der Waals surface area contributed by atoms with E-state index in [0.29, 0.717) is 5.56 Å². The Morgan fingerprint density at radius 2 is 2.06 bits per heavy atom. The van der Waals surface area contributed by atoms with Crippen molar-refractivity contribution < 1.29 is 14.8 Å². The molecule has 1 aromatic carbocycles. The maximum Gasteiger partial charge on any atom is 0.304 e. The molecule has 0 aliphatic carbocycles. The van der Waals surface area contributed by atoms with Crippen molar-refractivity contribution in [2.24, 2.45) is 5.92 Å². The van der Waals surface area contributed by atoms with Crippen LogP contribution in [0, 0.1) is 27.9 Å². The van der Waals surface area contributed by atoms with Gasteiger partial charge in [0.2, 0.25) is 6.54 Å². The number of hydrogen-bond acceptors (Lipinski definition) is 3. The highest BCUT2D eigenvalue weighted by molar-refractivity contribution is 5.67. The van der Waals surface area contributed by atoms with Gasteiger partial charge in [-0.1, -0.05) is 30.0 Å². The van der Waals surface area contributed by atoms with Gasteiger partial charge in [-0.15, -0.1) is 0 Å². The Morgan fingerprint density at radius 1 is 1.41 bits per heavy atom. The van der Waals surface area contributed by atoms with E-state index in [-0.39, 0.29) is 6.42 Å². The highest BCUT2D eigenvalue weighted by Gasteiger charge is 2.16. The maximum absolute atomic E-state index is 10.5. The van der Waals surface area contributed by atoms with Crippen molar-refractivity contribution >= 4 is 5.97 Å². The molecule has 0 radical (unpaired) electrons. The van der Waals surface area contributed by atoms with Gasteiger partial charge in [-0.3, -0.25) is 14.9 Å². The van der Waals surface area contributed by atoms with Crippen LogP contribution in [0.4, 0.5) is 0 Å². The molecule has 5 heteroatoms. The van der Waals surface area contributed by atoms with E-state index in [1.54, 1.807) is 24.3 Å². The molecule has 0 aliphatic heterocycles. The van der Waals surface area contributed by atoms with Crippen LogP contribution >= 0.6 is 0 Å². The number of carboxylic acids is 1. The zero-order chi connectivity index (χ0) is 12.7. The van der Waals surface area contributed by atoms with Crippen LogP contribution in [-0.2, 0) is 4.79 Å². The quantitative estimate of drug-likeness (QED) is 0.484. The number of hydrogen-bond donors (Lipinski definition) is 1. The summed E-state index contributed by atoms with van der Waals surface area (Å²) in [4.78, 5) is 20.3. The first-order valence-corrected chi connectivity index (χ1v) is 4.98. The largest absolute Gasteiger partial charge is 0.481 e. The average Bonchev–Trinajstić information content (AvgIpc) is 2.26. The summed E-state index contributed by atoms with van der Waals surface area (Å²) < 4.78 is 0. The third-order valence-electron chi connectivity index (χ3n) is 1.98. The van der Waals surface area contributed by atoms with Gasteiger partial charge in [-0.25, -0.2) is 0 Å². The summed E-state index contributed by atoms with van der Waals surface area (Å²) in [5.41, 5.74) is 0.714. The van der Waals surface area contributed by atoms with Crippen molar-refractivity contribution in [2.45, 2.75) is 6.42 Å². The smallest absolute Gasteiger partial charge is 0.304 e. The lowest BCUT2D eigenvalue weighted by atomic mass is 10.1. The molecule has 0 aliphatic rings. The Labute approximate surface area is 98.2 Å². The van der Waals surface area contributed by atoms with E-state index in [1.807, 2.05) is 6.07 Å². The van der Waals surface area contributed by atoms with E-state index in [0.717, 1.165) is 0 Å². The minimum absolute atomic E-state index is 0.319. The van der Waals surface area contributed by atoms with Crippen LogP contribution in [-0.4, -0.2) is 22.5 Å². The van der Waals surface area contributed by atoms with Crippen molar-refractivity contribution in [3.05, 3.63) is 46.0 Å². The van der Waals surface area contributed by atoms with Gasteiger partial charge >= 0.3 is 5.97 Å². The maximum atomic E-state index is 10.5. The Hall–Kier alpha value is -2.35. The summed E-state index contributed by atoms with van der Waals surface area (Å²) in [7, 11) is 0. The summed E-state index contributed by atoms with van der Waals surface area (Å²) in [5.74, 6) is 3.52. The van der Waals surface area contributed by atoms with Gasteiger partial charge in [-0.05, 0) is 12.1 Å². The summed E-state index contributed by atoms with van der Waals surface area (Å²) in [6.07, 6.45) is -0.319. The lowest BCUT2D eigenvalue weighted by Crippen LogP contribution is -2.16. The van der Waals surface area contributed by atoms with Crippen LogP contribution in [0.2, 0.25) is 0 Å². The molecule has 88 valence electrons. The Kier molecular flexibility index (Phi) is 4.70. The summed E-state index contributed by atoms with van der Waals surface area (Å²) in [6, 6.07) is 8.94. The van der Waals surface area contributed by atoms with Gasteiger partial charge in [0, 0.05) is 10.5 Å². The zero-order valence-electron chi connectivity index (χ0n) is 9.00. The number of aliphatic carboxylic acids is 1. The lowest BCUT2D eigenvalue weighted by Gasteiger charge is -2.01. The molecule has 0 bridgehead atoms. The van der Waals surface area contributed by atoms with E-state index >= 15 is 0 Å². The predicted molar refractivity (Wildman–Crippen MR) is 60.9 cm³/mol. The van der Waals surface area contributed by atoms with Crippen LogP contribution in [0.5, 0.6) is 0 Å². The second-order valence-electron chi connectivity index (χ2n) is 3.45. The normalized spacial score (nSPS) is 11.1. The summed E-state index contributed by atoms with van der Waals surface area (Å²) in [5, 5.41) is 19.0. The molecule has 0 spiro atoms. The fraction of sp³-hybridized carbons (Fsp3) is 0.250. The Bertz CT molecular complexity index is 442. The third kappa shape index (κ3) is 5.33. The Balaban J connectivity index is 2.75. The van der Waals surface area contributed by atoms with Crippen molar-refractivity contribution in [3.63, 3.8) is 0 Å². The number of carbonyl (C=O) groups is 1. The van der Waals surface area contributed by atoms with E-state index in [2.05, 4.69) is 11.8 Å². The standard InChI is InChI=1S/C12H11NO4/c14-12(15)8-11(9-13(16)17)7-6-10-4-2-1-3-5-10/h1-5,11H,8-9H2,(H,14,15)/t11-/m1/s1. The number of nitrogens with zero attached hydrogens (tertiary/aromatic N) is 1. The van der Waals surface area contributed by atoms with Crippen LogP contribution in [0.25, 0.3) is 0 Å². The molecule has 0 unspecified atom stereocenters. The van der Waals surface area contributed by atoms with Crippen molar-refractivity contribution in [1.29, 1.82) is 0 Å². The van der Waals surface area contributed by atoms with E-state index < -0.39 is 23.4 Å². The minimum atomic E-state index is -1.08. The second-order valence-corrected chi connectivity index (χ2v) is 3.45. The van der Waals surface area contributed by atoms with Crippen molar-refractivity contribution in [3.8, 4) is 11.8 Å². The fourth-order valence-corrected chi connectivity index (χ4v) is 1.26. The number of nitro groups is 1. The zero-order valence-corrected chi connectivity index (χ0v) is 9.00. The van der Waals surface area contributed by atoms with Crippen LogP contribution in [0.3, 0.4) is 0 Å². The van der Waals surface area contributed by atoms with Gasteiger partial charge in [0.05, 0.1) is 12.3 Å². The van der Waals surface area contributed by atoms with E-state index in [4.69, 9.17) is 5.11 Å². The van der Waals surface area contributed by atoms with Crippen molar-refractivity contribution in [2.75, 3.05) is 6.54 Å². The molecule has 0 fully saturated rings. The van der Waals surface area contributed by atoms with Crippen LogP contribution in [0.1, 0.15) is 12.0 Å². The predicted octanol–water partition coefficient (Wildman–Crippen LogP) is 1.41. The molecule has 5 nitrogen and oxygen atoms in total. The van der Waals surface area contributed by atoms with Crippen LogP contribution < -0.4 is 0 Å². The molecule has 1 N–H and O–H groups in total. The lowest BCUT2D eigenvalue weighted by molar-refractivity contribution is -0.485. The number of carboxylic acid groups (broad SMARTS) is 1. The third-order valence-corrected chi connectivity index (χ3v) is 1.98. The summed E-state index contributed by atoms with van der Waals surface area (Å²) in [6.45, 7) is -0.452. The molecule has 0 heterocycles. The van der Waals surface area contributed by atoms with Gasteiger partial charge in [-0.2, -0.15) is 0 Å². The number of rotatable bonds is 4. The van der Waals surface area contributed by atoms with Gasteiger partial charge < -0.3 is 5.11 Å². The van der Waals surface area contributed by atoms with E-state index in [1.165, 1.54) is 0 Å². The molecule has 0 saturated heterocycles. The van der Waals surface area contributed by atoms with Crippen molar-refractivity contribution in [1.82, 2.24) is 0 Å². The molecule has 1 atom stereocenters. The highest BCUT2D eigenvalue weighted by atomic mass is 16.6. The highest BCUT2D eigenvalue weighted by Crippen LogP contribution is 2.03. The summed E-state index contributed by atoms with van der Waals surface area (Å²) >= 11 is 0. The fourth-order valence-electron chi connectivity index (χ4n) is 1.26. The molecule has 0 saturated carbocycles. The number of benzene rings is 1. The molecule has 0 aromatic heterocycles. The minimum Gasteiger partial charge on any atom is -0.481 e. The first-order chi connectivity index (χ1) is 8.08. The van der Waals surface area contributed by atoms with Gasteiger partial charge in [0.1, 0.15) is 0 Å². The molecular weight excluding hydrogens is 222 g/mol. The molecule has 1 aromatic rings. The van der Waals surface area contributed by atoms with E-state index in [9.17, 15) is 14.9 Å². The monoisotopic (exact) mass is 233 g/mol. The SMILES string of the molecule is O=C(O)C[C@@H](C#Cc1ccccc1)C[N+](=O)[O-].